The number of thiazole rings is 1. The molecule has 0 aliphatic rings. The zero-order chi connectivity index (χ0) is 13.0. The lowest BCUT2D eigenvalue weighted by molar-refractivity contribution is -0.144. The number of hydrogen-bond donors (Lipinski definition) is 2. The van der Waals surface area contributed by atoms with Crippen molar-refractivity contribution in [2.24, 2.45) is 0 Å². The summed E-state index contributed by atoms with van der Waals surface area (Å²) >= 11 is 1.24. The number of nitrogens with one attached hydrogen (secondary N) is 1. The molecule has 0 spiro atoms. The van der Waals surface area contributed by atoms with Gasteiger partial charge >= 0.3 is 5.97 Å². The second-order valence-electron chi connectivity index (χ2n) is 3.13. The molecule has 2 N–H and O–H groups in total. The first kappa shape index (κ1) is 12.3. The maximum atomic E-state index is 11.5. The van der Waals surface area contributed by atoms with Gasteiger partial charge < -0.3 is 9.52 Å². The smallest absolute Gasteiger partial charge is 0.332 e. The largest absolute Gasteiger partial charge is 0.479 e. The Bertz CT molecular complexity index is 548. The molecule has 7 nitrogen and oxygen atoms in total. The summed E-state index contributed by atoms with van der Waals surface area (Å²) in [7, 11) is 0. The number of amides is 1. The summed E-state index contributed by atoms with van der Waals surface area (Å²) in [5, 5.41) is 10.4. The number of carbonyl (C=O) groups excluding carboxylic acids is 1. The number of carboxylic acids is 1. The minimum atomic E-state index is -1.18. The summed E-state index contributed by atoms with van der Waals surface area (Å²) in [6, 6.07) is 3.44. The van der Waals surface area contributed by atoms with Gasteiger partial charge in [0.25, 0.3) is 5.91 Å². The molecular formula is C10H8N2O5S. The molecule has 18 heavy (non-hydrogen) atoms. The highest BCUT2D eigenvalue weighted by Gasteiger charge is 2.13. The van der Waals surface area contributed by atoms with Gasteiger partial charge in [0, 0.05) is 5.38 Å². The van der Waals surface area contributed by atoms with E-state index in [-0.39, 0.29) is 5.69 Å². The van der Waals surface area contributed by atoms with Crippen LogP contribution in [0.1, 0.15) is 10.5 Å². The van der Waals surface area contributed by atoms with Crippen LogP contribution in [0, 0.1) is 0 Å². The molecule has 94 valence electrons. The van der Waals surface area contributed by atoms with Gasteiger partial charge in [-0.3, -0.25) is 9.63 Å². The van der Waals surface area contributed by atoms with Crippen LogP contribution >= 0.6 is 11.3 Å². The number of nitrogens with zero attached hydrogens (tertiary/aromatic N) is 1. The van der Waals surface area contributed by atoms with E-state index in [0.29, 0.717) is 10.8 Å². The zero-order valence-electron chi connectivity index (χ0n) is 8.95. The third kappa shape index (κ3) is 2.93. The van der Waals surface area contributed by atoms with Crippen molar-refractivity contribution in [2.45, 2.75) is 0 Å². The summed E-state index contributed by atoms with van der Waals surface area (Å²) in [5.41, 5.74) is 2.12. The Kier molecular flexibility index (Phi) is 3.70. The van der Waals surface area contributed by atoms with Crippen molar-refractivity contribution in [1.29, 1.82) is 0 Å². The maximum absolute atomic E-state index is 11.5. The second kappa shape index (κ2) is 5.43. The monoisotopic (exact) mass is 268 g/mol. The van der Waals surface area contributed by atoms with Crippen LogP contribution in [0.5, 0.6) is 0 Å². The van der Waals surface area contributed by atoms with E-state index in [2.05, 4.69) is 9.82 Å². The van der Waals surface area contributed by atoms with Gasteiger partial charge in [-0.1, -0.05) is 0 Å². The minimum Gasteiger partial charge on any atom is -0.479 e. The van der Waals surface area contributed by atoms with E-state index in [0.717, 1.165) is 0 Å². The van der Waals surface area contributed by atoms with Gasteiger partial charge in [0.05, 0.1) is 6.26 Å². The van der Waals surface area contributed by atoms with Crippen LogP contribution in [0.2, 0.25) is 0 Å². The number of carboxylic acid groups (broad SMARTS) is 1. The topological polar surface area (TPSA) is 102 Å². The Morgan fingerprint density at radius 1 is 1.56 bits per heavy atom. The fraction of sp³-hybridized carbons (Fsp3) is 0.100. The molecule has 0 radical (unpaired) electrons. The van der Waals surface area contributed by atoms with Crippen LogP contribution in [-0.4, -0.2) is 28.6 Å². The molecule has 0 aromatic carbocycles. The van der Waals surface area contributed by atoms with Gasteiger partial charge in [-0.15, -0.1) is 11.3 Å². The van der Waals surface area contributed by atoms with Crippen LogP contribution in [-0.2, 0) is 9.63 Å². The normalized spacial score (nSPS) is 10.2. The first-order valence-electron chi connectivity index (χ1n) is 4.80. The summed E-state index contributed by atoms with van der Waals surface area (Å²) in [6.07, 6.45) is 1.51. The van der Waals surface area contributed by atoms with Gasteiger partial charge in [0.15, 0.2) is 17.4 Å². The van der Waals surface area contributed by atoms with Crippen molar-refractivity contribution >= 4 is 23.2 Å². The molecule has 0 atom stereocenters. The number of hydrogen-bond acceptors (Lipinski definition) is 6. The van der Waals surface area contributed by atoms with Crippen LogP contribution in [0.4, 0.5) is 0 Å². The number of rotatable bonds is 5. The maximum Gasteiger partial charge on any atom is 0.332 e. The van der Waals surface area contributed by atoms with Crippen LogP contribution in [0.3, 0.4) is 0 Å². The van der Waals surface area contributed by atoms with Crippen molar-refractivity contribution < 1.29 is 24.0 Å². The van der Waals surface area contributed by atoms with E-state index < -0.39 is 18.5 Å². The Labute approximate surface area is 105 Å². The molecule has 2 aromatic heterocycles. The third-order valence-corrected chi connectivity index (χ3v) is 2.69. The highest BCUT2D eigenvalue weighted by Crippen LogP contribution is 2.23. The van der Waals surface area contributed by atoms with E-state index in [1.165, 1.54) is 23.0 Å². The van der Waals surface area contributed by atoms with E-state index in [1.807, 2.05) is 5.48 Å². The molecule has 2 heterocycles. The van der Waals surface area contributed by atoms with Gasteiger partial charge in [0.1, 0.15) is 5.69 Å². The SMILES string of the molecule is O=C(O)CONC(=O)c1csc(-c2ccco2)n1. The summed E-state index contributed by atoms with van der Waals surface area (Å²) in [6.45, 7) is -0.610. The van der Waals surface area contributed by atoms with Crippen molar-refractivity contribution in [3.05, 3.63) is 29.5 Å². The predicted molar refractivity (Wildman–Crippen MR) is 60.9 cm³/mol. The molecule has 2 rings (SSSR count). The Hall–Kier alpha value is -2.19. The van der Waals surface area contributed by atoms with Gasteiger partial charge in [-0.25, -0.2) is 15.3 Å². The highest BCUT2D eigenvalue weighted by atomic mass is 32.1. The summed E-state index contributed by atoms with van der Waals surface area (Å²) < 4.78 is 5.13. The molecule has 0 aliphatic carbocycles. The number of furan rings is 1. The standard InChI is InChI=1S/C10H8N2O5S/c13-8(14)4-17-12-9(15)6-5-18-10(11-6)7-2-1-3-16-7/h1-3,5H,4H2,(H,12,15)(H,13,14). The van der Waals surface area contributed by atoms with Gasteiger partial charge in [-0.2, -0.15) is 0 Å². The quantitative estimate of drug-likeness (QED) is 0.789. The average Bonchev–Trinajstić information content (AvgIpc) is 2.99. The van der Waals surface area contributed by atoms with E-state index in [4.69, 9.17) is 9.52 Å². The predicted octanol–water partition coefficient (Wildman–Crippen LogP) is 1.15. The van der Waals surface area contributed by atoms with Crippen LogP contribution < -0.4 is 5.48 Å². The number of aliphatic carboxylic acids is 1. The summed E-state index contributed by atoms with van der Waals surface area (Å²) in [4.78, 5) is 30.2. The second-order valence-corrected chi connectivity index (χ2v) is 3.99. The molecule has 0 bridgehead atoms. The lowest BCUT2D eigenvalue weighted by Crippen LogP contribution is -2.26. The molecule has 0 unspecified atom stereocenters. The molecule has 8 heteroatoms. The number of carbonyl (C=O) groups is 2. The fourth-order valence-electron chi connectivity index (χ4n) is 1.11. The molecule has 2 aromatic rings. The van der Waals surface area contributed by atoms with Crippen molar-refractivity contribution in [1.82, 2.24) is 10.5 Å². The first-order valence-corrected chi connectivity index (χ1v) is 5.68. The zero-order valence-corrected chi connectivity index (χ0v) is 9.77. The molecule has 0 saturated heterocycles. The Morgan fingerprint density at radius 2 is 2.39 bits per heavy atom. The average molecular weight is 268 g/mol. The molecular weight excluding hydrogens is 260 g/mol. The van der Waals surface area contributed by atoms with E-state index >= 15 is 0 Å². The van der Waals surface area contributed by atoms with Crippen molar-refractivity contribution in [3.8, 4) is 10.8 Å². The first-order chi connectivity index (χ1) is 8.66. The van der Waals surface area contributed by atoms with Crippen molar-refractivity contribution in [2.75, 3.05) is 6.61 Å². The Morgan fingerprint density at radius 3 is 3.06 bits per heavy atom. The molecule has 1 amide bonds. The summed E-state index contributed by atoms with van der Waals surface area (Å²) in [5.74, 6) is -1.22. The molecule has 0 saturated carbocycles. The Balaban J connectivity index is 1.97. The van der Waals surface area contributed by atoms with E-state index in [9.17, 15) is 9.59 Å². The van der Waals surface area contributed by atoms with Crippen LogP contribution in [0.15, 0.2) is 28.2 Å². The molecule has 0 aliphatic heterocycles. The van der Waals surface area contributed by atoms with E-state index in [1.54, 1.807) is 12.1 Å². The number of aromatic nitrogens is 1. The fourth-order valence-corrected chi connectivity index (χ4v) is 1.87. The van der Waals surface area contributed by atoms with Crippen LogP contribution in [0.25, 0.3) is 10.8 Å². The van der Waals surface area contributed by atoms with Crippen molar-refractivity contribution in [3.63, 3.8) is 0 Å². The van der Waals surface area contributed by atoms with Gasteiger partial charge in [0.2, 0.25) is 0 Å². The molecule has 0 fully saturated rings. The lowest BCUT2D eigenvalue weighted by Gasteiger charge is -2.00. The minimum absolute atomic E-state index is 0.136. The highest BCUT2D eigenvalue weighted by molar-refractivity contribution is 7.13. The third-order valence-electron chi connectivity index (χ3n) is 1.83. The number of hydroxylamine groups is 1. The van der Waals surface area contributed by atoms with Gasteiger partial charge in [-0.05, 0) is 12.1 Å². The lowest BCUT2D eigenvalue weighted by atomic mass is 10.4.